The zero-order valence-electron chi connectivity index (χ0n) is 18.1. The Morgan fingerprint density at radius 3 is 2.81 bits per heavy atom. The number of amides is 1. The summed E-state index contributed by atoms with van der Waals surface area (Å²) in [5.74, 6) is 1.32. The molecule has 8 nitrogen and oxygen atoms in total. The summed E-state index contributed by atoms with van der Waals surface area (Å²) in [4.78, 5) is 27.0. The molecule has 8 heteroatoms. The molecule has 31 heavy (non-hydrogen) atoms. The third kappa shape index (κ3) is 5.14. The molecular formula is C23H29N5O3. The van der Waals surface area contributed by atoms with Crippen molar-refractivity contribution >= 4 is 16.7 Å². The van der Waals surface area contributed by atoms with Gasteiger partial charge in [0, 0.05) is 25.6 Å². The van der Waals surface area contributed by atoms with Crippen LogP contribution in [-0.2, 0) is 24.3 Å². The van der Waals surface area contributed by atoms with Gasteiger partial charge in [0.15, 0.2) is 6.61 Å². The second-order valence-corrected chi connectivity index (χ2v) is 8.27. The summed E-state index contributed by atoms with van der Waals surface area (Å²) in [5.41, 5.74) is -0.0662. The lowest BCUT2D eigenvalue weighted by Crippen LogP contribution is -2.38. The smallest absolute Gasteiger partial charge is 0.345 e. The van der Waals surface area contributed by atoms with E-state index in [-0.39, 0.29) is 24.2 Å². The van der Waals surface area contributed by atoms with Crippen LogP contribution in [0.2, 0.25) is 0 Å². The van der Waals surface area contributed by atoms with E-state index in [0.717, 1.165) is 29.6 Å². The van der Waals surface area contributed by atoms with Gasteiger partial charge < -0.3 is 15.0 Å². The molecule has 1 aliphatic heterocycles. The highest BCUT2D eigenvalue weighted by Crippen LogP contribution is 2.20. The fourth-order valence-corrected chi connectivity index (χ4v) is 3.89. The van der Waals surface area contributed by atoms with Crippen LogP contribution in [0.25, 0.3) is 10.8 Å². The van der Waals surface area contributed by atoms with Gasteiger partial charge in [0.1, 0.15) is 11.6 Å². The predicted molar refractivity (Wildman–Crippen MR) is 119 cm³/mol. The summed E-state index contributed by atoms with van der Waals surface area (Å²) in [6.45, 7) is 1.88. The summed E-state index contributed by atoms with van der Waals surface area (Å²) in [6, 6.07) is 13.8. The Morgan fingerprint density at radius 1 is 1.19 bits per heavy atom. The van der Waals surface area contributed by atoms with E-state index >= 15 is 0 Å². The average molecular weight is 424 g/mol. The van der Waals surface area contributed by atoms with Gasteiger partial charge in [-0.05, 0) is 49.8 Å². The minimum atomic E-state index is -0.152. The first-order valence-electron chi connectivity index (χ1n) is 10.7. The Balaban J connectivity index is 1.29. The summed E-state index contributed by atoms with van der Waals surface area (Å²) in [6.07, 6.45) is 2.13. The van der Waals surface area contributed by atoms with E-state index in [1.165, 1.54) is 0 Å². The summed E-state index contributed by atoms with van der Waals surface area (Å²) < 4.78 is 8.98. The second-order valence-electron chi connectivity index (χ2n) is 8.27. The number of likely N-dealkylation sites (N-methyl/N-ethyl adjacent to an activating group) is 1. The number of ether oxygens (including phenoxy) is 1. The molecule has 2 aromatic carbocycles. The second kappa shape index (κ2) is 9.34. The number of fused-ring (bicyclic) bond motifs is 2. The van der Waals surface area contributed by atoms with E-state index in [9.17, 15) is 9.59 Å². The molecule has 164 valence electrons. The molecule has 1 unspecified atom stereocenters. The molecule has 1 aliphatic rings. The van der Waals surface area contributed by atoms with Crippen molar-refractivity contribution in [2.24, 2.45) is 0 Å². The molecule has 1 atom stereocenters. The lowest BCUT2D eigenvalue weighted by Gasteiger charge is -2.16. The largest absolute Gasteiger partial charge is 0.484 e. The van der Waals surface area contributed by atoms with E-state index in [0.29, 0.717) is 31.7 Å². The molecule has 0 spiro atoms. The molecule has 0 radical (unpaired) electrons. The Bertz CT molecular complexity index is 1120. The predicted octanol–water partition coefficient (Wildman–Crippen LogP) is 1.66. The van der Waals surface area contributed by atoms with Crippen LogP contribution in [0.3, 0.4) is 0 Å². The molecule has 3 aromatic rings. The normalized spacial score (nSPS) is 16.2. The van der Waals surface area contributed by atoms with Crippen molar-refractivity contribution in [1.82, 2.24) is 24.6 Å². The summed E-state index contributed by atoms with van der Waals surface area (Å²) in [5, 5.41) is 9.76. The summed E-state index contributed by atoms with van der Waals surface area (Å²) in [7, 11) is 3.95. The SMILES string of the molecule is CN(C)CCn1nc2n(c1=O)CCC(NC(=O)COc1ccc3ccccc3c1)CC2. The van der Waals surface area contributed by atoms with Gasteiger partial charge in [-0.3, -0.25) is 9.36 Å². The number of carbonyl (C=O) groups excluding carboxylic acids is 1. The quantitative estimate of drug-likeness (QED) is 0.625. The third-order valence-corrected chi connectivity index (χ3v) is 5.63. The van der Waals surface area contributed by atoms with Gasteiger partial charge >= 0.3 is 5.69 Å². The monoisotopic (exact) mass is 423 g/mol. The van der Waals surface area contributed by atoms with Crippen molar-refractivity contribution in [3.8, 4) is 5.75 Å². The maximum Gasteiger partial charge on any atom is 0.345 e. The average Bonchev–Trinajstić information content (AvgIpc) is 2.92. The van der Waals surface area contributed by atoms with Crippen LogP contribution in [0.5, 0.6) is 5.75 Å². The van der Waals surface area contributed by atoms with Crippen molar-refractivity contribution < 1.29 is 9.53 Å². The Morgan fingerprint density at radius 2 is 2.00 bits per heavy atom. The summed E-state index contributed by atoms with van der Waals surface area (Å²) >= 11 is 0. The molecule has 0 saturated heterocycles. The Labute approximate surface area is 181 Å². The first-order chi connectivity index (χ1) is 15.0. The number of aryl methyl sites for hydroxylation is 1. The minimum Gasteiger partial charge on any atom is -0.484 e. The van der Waals surface area contributed by atoms with Crippen molar-refractivity contribution in [3.05, 3.63) is 58.8 Å². The molecule has 1 amide bonds. The van der Waals surface area contributed by atoms with Crippen LogP contribution in [0.15, 0.2) is 47.3 Å². The highest BCUT2D eigenvalue weighted by molar-refractivity contribution is 5.84. The van der Waals surface area contributed by atoms with E-state index in [2.05, 4.69) is 10.4 Å². The number of benzene rings is 2. The lowest BCUT2D eigenvalue weighted by atomic mass is 10.1. The van der Waals surface area contributed by atoms with E-state index in [4.69, 9.17) is 4.74 Å². The number of rotatable bonds is 7. The number of nitrogens with zero attached hydrogens (tertiary/aromatic N) is 4. The molecule has 0 saturated carbocycles. The van der Waals surface area contributed by atoms with Gasteiger partial charge in [-0.1, -0.05) is 30.3 Å². The first-order valence-corrected chi connectivity index (χ1v) is 10.7. The number of carbonyl (C=O) groups is 1. The lowest BCUT2D eigenvalue weighted by molar-refractivity contribution is -0.123. The number of hydrogen-bond donors (Lipinski definition) is 1. The fraction of sp³-hybridized carbons (Fsp3) is 0.435. The van der Waals surface area contributed by atoms with Gasteiger partial charge in [0.25, 0.3) is 5.91 Å². The van der Waals surface area contributed by atoms with Crippen molar-refractivity contribution in [3.63, 3.8) is 0 Å². The van der Waals surface area contributed by atoms with Crippen LogP contribution in [0.4, 0.5) is 0 Å². The molecule has 2 heterocycles. The number of aromatic nitrogens is 3. The Kier molecular flexibility index (Phi) is 6.36. The standard InChI is InChI=1S/C23H29N5O3/c1-26(2)13-14-28-23(30)27-12-11-19(8-10-21(27)25-28)24-22(29)16-31-20-9-7-17-5-3-4-6-18(17)15-20/h3-7,9,15,19H,8,10-14,16H2,1-2H3,(H,24,29). The van der Waals surface area contributed by atoms with Gasteiger partial charge in [0.05, 0.1) is 6.54 Å². The van der Waals surface area contributed by atoms with Gasteiger partial charge in [-0.15, -0.1) is 0 Å². The zero-order chi connectivity index (χ0) is 21.8. The third-order valence-electron chi connectivity index (χ3n) is 5.63. The highest BCUT2D eigenvalue weighted by Gasteiger charge is 2.22. The molecule has 1 N–H and O–H groups in total. The highest BCUT2D eigenvalue weighted by atomic mass is 16.5. The van der Waals surface area contributed by atoms with Gasteiger partial charge in [-0.2, -0.15) is 5.10 Å². The Hall–Kier alpha value is -3.13. The van der Waals surface area contributed by atoms with E-state index in [1.807, 2.05) is 61.5 Å². The van der Waals surface area contributed by atoms with Crippen LogP contribution in [0, 0.1) is 0 Å². The van der Waals surface area contributed by atoms with Gasteiger partial charge in [-0.25, -0.2) is 9.48 Å². The maximum absolute atomic E-state index is 12.6. The van der Waals surface area contributed by atoms with Crippen LogP contribution in [0.1, 0.15) is 18.7 Å². The number of hydrogen-bond acceptors (Lipinski definition) is 5. The maximum atomic E-state index is 12.6. The van der Waals surface area contributed by atoms with Crippen LogP contribution < -0.4 is 15.7 Å². The van der Waals surface area contributed by atoms with Crippen molar-refractivity contribution in [1.29, 1.82) is 0 Å². The molecule has 0 bridgehead atoms. The van der Waals surface area contributed by atoms with Crippen molar-refractivity contribution in [2.75, 3.05) is 27.2 Å². The van der Waals surface area contributed by atoms with Gasteiger partial charge in [0.2, 0.25) is 0 Å². The van der Waals surface area contributed by atoms with Crippen LogP contribution >= 0.6 is 0 Å². The zero-order valence-corrected chi connectivity index (χ0v) is 18.1. The first kappa shape index (κ1) is 21.1. The van der Waals surface area contributed by atoms with Crippen LogP contribution in [-0.4, -0.2) is 58.4 Å². The molecule has 1 aromatic heterocycles. The molecule has 0 aliphatic carbocycles. The topological polar surface area (TPSA) is 81.4 Å². The van der Waals surface area contributed by atoms with E-state index in [1.54, 1.807) is 9.25 Å². The fourth-order valence-electron chi connectivity index (χ4n) is 3.89. The van der Waals surface area contributed by atoms with Crippen molar-refractivity contribution in [2.45, 2.75) is 38.4 Å². The minimum absolute atomic E-state index is 0.00373. The van der Waals surface area contributed by atoms with E-state index < -0.39 is 0 Å². The molecule has 0 fully saturated rings. The number of nitrogens with one attached hydrogen (secondary N) is 1. The molecular weight excluding hydrogens is 394 g/mol. The molecule has 4 rings (SSSR count).